The first kappa shape index (κ1) is 12.5. The van der Waals surface area contributed by atoms with Crippen molar-refractivity contribution in [1.82, 2.24) is 10.3 Å². The summed E-state index contributed by atoms with van der Waals surface area (Å²) < 4.78 is 22.5. The highest BCUT2D eigenvalue weighted by atomic mass is 32.2. The van der Waals surface area contributed by atoms with Crippen molar-refractivity contribution in [3.63, 3.8) is 0 Å². The zero-order chi connectivity index (χ0) is 12.5. The molecule has 0 unspecified atom stereocenters. The van der Waals surface area contributed by atoms with Gasteiger partial charge in [0.05, 0.1) is 22.7 Å². The van der Waals surface area contributed by atoms with Crippen LogP contribution in [0.15, 0.2) is 5.51 Å². The molecule has 0 spiro atoms. The summed E-state index contributed by atoms with van der Waals surface area (Å²) in [6.07, 6.45) is 0.643. The van der Waals surface area contributed by atoms with Crippen LogP contribution in [-0.4, -0.2) is 37.4 Å². The van der Waals surface area contributed by atoms with Crippen LogP contribution in [0, 0.1) is 12.8 Å². The molecule has 1 aromatic heterocycles. The van der Waals surface area contributed by atoms with E-state index in [9.17, 15) is 13.2 Å². The molecule has 0 aromatic carbocycles. The Kier molecular flexibility index (Phi) is 3.48. The average molecular weight is 274 g/mol. The van der Waals surface area contributed by atoms with Crippen LogP contribution in [0.5, 0.6) is 0 Å². The molecule has 1 aromatic rings. The lowest BCUT2D eigenvalue weighted by atomic mass is 10.1. The summed E-state index contributed by atoms with van der Waals surface area (Å²) in [6, 6.07) is 0. The number of nitrogens with one attached hydrogen (secondary N) is 1. The highest BCUT2D eigenvalue weighted by Crippen LogP contribution is 2.18. The first-order valence-corrected chi connectivity index (χ1v) is 8.07. The topological polar surface area (TPSA) is 76.1 Å². The number of carbonyl (C=O) groups is 1. The van der Waals surface area contributed by atoms with E-state index < -0.39 is 9.84 Å². The number of carbonyl (C=O) groups excluding carboxylic acids is 1. The van der Waals surface area contributed by atoms with Gasteiger partial charge in [-0.3, -0.25) is 4.79 Å². The minimum absolute atomic E-state index is 0.0529. The molecule has 1 saturated heterocycles. The summed E-state index contributed by atoms with van der Waals surface area (Å²) in [5.41, 5.74) is 2.34. The van der Waals surface area contributed by atoms with Crippen molar-refractivity contribution >= 4 is 27.1 Å². The highest BCUT2D eigenvalue weighted by Gasteiger charge is 2.28. The molecule has 2 heterocycles. The predicted octanol–water partition coefficient (Wildman–Crippen LogP) is 0.616. The van der Waals surface area contributed by atoms with Gasteiger partial charge in [-0.15, -0.1) is 11.3 Å². The van der Waals surface area contributed by atoms with Gasteiger partial charge in [-0.05, 0) is 19.3 Å². The van der Waals surface area contributed by atoms with E-state index in [2.05, 4.69) is 10.3 Å². The molecule has 1 amide bonds. The van der Waals surface area contributed by atoms with E-state index in [0.717, 1.165) is 0 Å². The molecule has 1 aliphatic rings. The van der Waals surface area contributed by atoms with E-state index >= 15 is 0 Å². The van der Waals surface area contributed by atoms with Gasteiger partial charge in [-0.2, -0.15) is 0 Å². The Hall–Kier alpha value is -0.950. The normalized spacial score (nSPS) is 22.5. The molecule has 0 saturated carbocycles. The van der Waals surface area contributed by atoms with Crippen LogP contribution < -0.4 is 5.32 Å². The molecule has 17 heavy (non-hydrogen) atoms. The standard InChI is InChI=1S/C10H14N2O3S2/c1-7-9(16-6-12-7)10(13)11-4-8-2-3-17(14,15)5-8/h6,8H,2-5H2,1H3,(H,11,13)/t8-/m1/s1. The number of nitrogens with zero attached hydrogens (tertiary/aromatic N) is 1. The number of sulfone groups is 1. The smallest absolute Gasteiger partial charge is 0.263 e. The number of amides is 1. The fourth-order valence-corrected chi connectivity index (χ4v) is 4.45. The molecular formula is C10H14N2O3S2. The van der Waals surface area contributed by atoms with Gasteiger partial charge in [0.25, 0.3) is 5.91 Å². The van der Waals surface area contributed by atoms with Gasteiger partial charge in [0.1, 0.15) is 4.88 Å². The van der Waals surface area contributed by atoms with Crippen molar-refractivity contribution in [2.75, 3.05) is 18.1 Å². The van der Waals surface area contributed by atoms with Crippen molar-refractivity contribution in [3.8, 4) is 0 Å². The minimum atomic E-state index is -2.87. The van der Waals surface area contributed by atoms with Gasteiger partial charge >= 0.3 is 0 Å². The fraction of sp³-hybridized carbons (Fsp3) is 0.600. The average Bonchev–Trinajstić information content (AvgIpc) is 2.81. The summed E-state index contributed by atoms with van der Waals surface area (Å²) in [5, 5.41) is 2.77. The first-order valence-electron chi connectivity index (χ1n) is 5.36. The summed E-state index contributed by atoms with van der Waals surface area (Å²) in [6.45, 7) is 2.21. The maximum Gasteiger partial charge on any atom is 0.263 e. The van der Waals surface area contributed by atoms with Gasteiger partial charge in [0.15, 0.2) is 9.84 Å². The lowest BCUT2D eigenvalue weighted by molar-refractivity contribution is 0.0951. The molecule has 1 atom stereocenters. The quantitative estimate of drug-likeness (QED) is 0.876. The molecular weight excluding hydrogens is 260 g/mol. The summed E-state index contributed by atoms with van der Waals surface area (Å²) in [5.74, 6) is 0.327. The van der Waals surface area contributed by atoms with E-state index in [1.165, 1.54) is 11.3 Å². The van der Waals surface area contributed by atoms with Crippen LogP contribution in [0.25, 0.3) is 0 Å². The van der Waals surface area contributed by atoms with Crippen LogP contribution in [-0.2, 0) is 9.84 Å². The van der Waals surface area contributed by atoms with E-state index in [1.54, 1.807) is 12.4 Å². The predicted molar refractivity (Wildman–Crippen MR) is 65.9 cm³/mol. The Labute approximate surface area is 104 Å². The number of rotatable bonds is 3. The zero-order valence-electron chi connectivity index (χ0n) is 9.47. The van der Waals surface area contributed by atoms with E-state index in [4.69, 9.17) is 0 Å². The molecule has 0 bridgehead atoms. The Morgan fingerprint density at radius 3 is 2.94 bits per heavy atom. The number of thiazole rings is 1. The number of aryl methyl sites for hydroxylation is 1. The lowest BCUT2D eigenvalue weighted by Gasteiger charge is -2.08. The van der Waals surface area contributed by atoms with Gasteiger partial charge < -0.3 is 5.32 Å². The third kappa shape index (κ3) is 3.04. The maximum atomic E-state index is 11.8. The van der Waals surface area contributed by atoms with E-state index in [1.807, 2.05) is 0 Å². The van der Waals surface area contributed by atoms with Crippen LogP contribution >= 0.6 is 11.3 Å². The maximum absolute atomic E-state index is 11.8. The number of hydrogen-bond acceptors (Lipinski definition) is 5. The second kappa shape index (κ2) is 4.73. The van der Waals surface area contributed by atoms with Crippen molar-refractivity contribution in [2.24, 2.45) is 5.92 Å². The zero-order valence-corrected chi connectivity index (χ0v) is 11.1. The third-order valence-corrected chi connectivity index (χ3v) is 5.59. The second-order valence-electron chi connectivity index (χ2n) is 4.25. The highest BCUT2D eigenvalue weighted by molar-refractivity contribution is 7.91. The molecule has 0 aliphatic carbocycles. The fourth-order valence-electron chi connectivity index (χ4n) is 1.87. The lowest BCUT2D eigenvalue weighted by Crippen LogP contribution is -2.29. The number of hydrogen-bond donors (Lipinski definition) is 1. The Morgan fingerprint density at radius 1 is 1.65 bits per heavy atom. The largest absolute Gasteiger partial charge is 0.351 e. The second-order valence-corrected chi connectivity index (χ2v) is 7.33. The first-order chi connectivity index (χ1) is 7.98. The summed E-state index contributed by atoms with van der Waals surface area (Å²) in [7, 11) is -2.87. The molecule has 1 fully saturated rings. The van der Waals surface area contributed by atoms with E-state index in [-0.39, 0.29) is 23.3 Å². The van der Waals surface area contributed by atoms with Gasteiger partial charge in [-0.25, -0.2) is 13.4 Å². The summed E-state index contributed by atoms with van der Waals surface area (Å²) >= 11 is 1.30. The summed E-state index contributed by atoms with van der Waals surface area (Å²) in [4.78, 5) is 16.4. The van der Waals surface area contributed by atoms with Crippen LogP contribution in [0.4, 0.5) is 0 Å². The van der Waals surface area contributed by atoms with E-state index in [0.29, 0.717) is 23.5 Å². The third-order valence-electron chi connectivity index (χ3n) is 2.83. The Bertz CT molecular complexity index is 521. The molecule has 2 rings (SSSR count). The Morgan fingerprint density at radius 2 is 2.41 bits per heavy atom. The van der Waals surface area contributed by atoms with Crippen molar-refractivity contribution in [1.29, 1.82) is 0 Å². The molecule has 0 radical (unpaired) electrons. The molecule has 1 N–H and O–H groups in total. The van der Waals surface area contributed by atoms with Crippen molar-refractivity contribution in [2.45, 2.75) is 13.3 Å². The van der Waals surface area contributed by atoms with Crippen molar-refractivity contribution in [3.05, 3.63) is 16.1 Å². The van der Waals surface area contributed by atoms with Crippen LogP contribution in [0.3, 0.4) is 0 Å². The number of aromatic nitrogens is 1. The monoisotopic (exact) mass is 274 g/mol. The molecule has 7 heteroatoms. The van der Waals surface area contributed by atoms with Gasteiger partial charge in [0.2, 0.25) is 0 Å². The molecule has 5 nitrogen and oxygen atoms in total. The minimum Gasteiger partial charge on any atom is -0.351 e. The Balaban J connectivity index is 1.88. The van der Waals surface area contributed by atoms with Crippen LogP contribution in [0.1, 0.15) is 21.8 Å². The molecule has 94 valence electrons. The van der Waals surface area contributed by atoms with Crippen LogP contribution in [0.2, 0.25) is 0 Å². The van der Waals surface area contributed by atoms with Crippen molar-refractivity contribution < 1.29 is 13.2 Å². The SMILES string of the molecule is Cc1ncsc1C(=O)NC[C@H]1CCS(=O)(=O)C1. The molecule has 1 aliphatic heterocycles. The van der Waals surface area contributed by atoms with Gasteiger partial charge in [-0.1, -0.05) is 0 Å². The van der Waals surface area contributed by atoms with Gasteiger partial charge in [0, 0.05) is 6.54 Å².